The van der Waals surface area contributed by atoms with Gasteiger partial charge in [0.1, 0.15) is 5.82 Å². The Bertz CT molecular complexity index is 1010. The van der Waals surface area contributed by atoms with Gasteiger partial charge in [0.05, 0.1) is 18.1 Å². The van der Waals surface area contributed by atoms with Crippen LogP contribution in [0, 0.1) is 13.8 Å². The smallest absolute Gasteiger partial charge is 0.251 e. The van der Waals surface area contributed by atoms with Crippen molar-refractivity contribution in [2.24, 2.45) is 0 Å². The molecule has 1 amide bonds. The number of hydrogen-bond acceptors (Lipinski definition) is 6. The van der Waals surface area contributed by atoms with Gasteiger partial charge in [0.15, 0.2) is 10.8 Å². The highest BCUT2D eigenvalue weighted by atomic mass is 32.2. The van der Waals surface area contributed by atoms with E-state index < -0.39 is 0 Å². The number of aromatic nitrogens is 4. The Hall–Kier alpha value is -2.61. The van der Waals surface area contributed by atoms with E-state index in [1.165, 1.54) is 0 Å². The summed E-state index contributed by atoms with van der Waals surface area (Å²) in [6.07, 6.45) is 2.81. The number of nitrogens with one attached hydrogen (secondary N) is 2. The summed E-state index contributed by atoms with van der Waals surface area (Å²) in [5.74, 6) is 0.741. The number of benzene rings is 1. The summed E-state index contributed by atoms with van der Waals surface area (Å²) in [6, 6.07) is 5.86. The predicted octanol–water partition coefficient (Wildman–Crippen LogP) is 4.20. The lowest BCUT2D eigenvalue weighted by molar-refractivity contribution is 0.0952. The number of carbonyl (C=O) groups is 1. The van der Waals surface area contributed by atoms with E-state index >= 15 is 0 Å². The number of anilines is 1. The van der Waals surface area contributed by atoms with E-state index in [4.69, 9.17) is 4.98 Å². The van der Waals surface area contributed by atoms with Crippen LogP contribution in [-0.2, 0) is 6.54 Å². The minimum absolute atomic E-state index is 0.0748. The van der Waals surface area contributed by atoms with Crippen molar-refractivity contribution in [2.75, 3.05) is 18.4 Å². The number of rotatable bonds is 9. The quantitative estimate of drug-likeness (QED) is 0.394. The number of nitrogens with zero attached hydrogens (tertiary/aromatic N) is 4. The molecule has 0 spiro atoms. The molecule has 3 rings (SSSR count). The molecule has 0 aliphatic carbocycles. The highest BCUT2D eigenvalue weighted by molar-refractivity contribution is 7.99. The first-order chi connectivity index (χ1) is 14.4. The van der Waals surface area contributed by atoms with Gasteiger partial charge in [-0.2, -0.15) is 5.10 Å². The summed E-state index contributed by atoms with van der Waals surface area (Å²) < 4.78 is 1.83. The molecule has 2 heterocycles. The van der Waals surface area contributed by atoms with Gasteiger partial charge in [-0.3, -0.25) is 4.79 Å². The Labute approximate surface area is 182 Å². The molecule has 0 saturated heterocycles. The van der Waals surface area contributed by atoms with Crippen molar-refractivity contribution in [1.82, 2.24) is 25.1 Å². The molecule has 0 atom stereocenters. The van der Waals surface area contributed by atoms with Crippen LogP contribution in [0.5, 0.6) is 0 Å². The molecule has 0 saturated carbocycles. The topological polar surface area (TPSA) is 84.7 Å². The molecule has 30 heavy (non-hydrogen) atoms. The third kappa shape index (κ3) is 5.50. The summed E-state index contributed by atoms with van der Waals surface area (Å²) in [6.45, 7) is 12.2. The fourth-order valence-electron chi connectivity index (χ4n) is 3.22. The van der Waals surface area contributed by atoms with Crippen molar-refractivity contribution in [3.63, 3.8) is 0 Å². The van der Waals surface area contributed by atoms with Crippen molar-refractivity contribution >= 4 is 34.5 Å². The van der Waals surface area contributed by atoms with Gasteiger partial charge in [-0.1, -0.05) is 49.7 Å². The molecular formula is C22H30N6OS. The van der Waals surface area contributed by atoms with E-state index in [1.54, 1.807) is 18.0 Å². The van der Waals surface area contributed by atoms with Gasteiger partial charge in [-0.25, -0.2) is 14.6 Å². The third-order valence-electron chi connectivity index (χ3n) is 4.45. The van der Waals surface area contributed by atoms with Crippen molar-refractivity contribution in [2.45, 2.75) is 58.0 Å². The number of aryl methyl sites for hydroxylation is 2. The van der Waals surface area contributed by atoms with Gasteiger partial charge in [-0.15, -0.1) is 0 Å². The molecule has 0 aliphatic heterocycles. The van der Waals surface area contributed by atoms with Gasteiger partial charge in [-0.05, 0) is 32.4 Å². The van der Waals surface area contributed by atoms with Crippen LogP contribution in [0.3, 0.4) is 0 Å². The molecule has 7 nitrogen and oxygen atoms in total. The molecule has 2 aromatic heterocycles. The Kier molecular flexibility index (Phi) is 7.31. The van der Waals surface area contributed by atoms with Gasteiger partial charge >= 0.3 is 0 Å². The Balaban J connectivity index is 1.76. The largest absolute Gasteiger partial charge is 0.369 e. The van der Waals surface area contributed by atoms with Crippen LogP contribution in [0.4, 0.5) is 5.82 Å². The maximum absolute atomic E-state index is 12.5. The van der Waals surface area contributed by atoms with Crippen LogP contribution in [-0.4, -0.2) is 44.0 Å². The molecule has 3 aromatic rings. The number of amides is 1. The zero-order chi connectivity index (χ0) is 21.7. The van der Waals surface area contributed by atoms with Crippen molar-refractivity contribution in [3.05, 3.63) is 41.1 Å². The molecule has 0 bridgehead atoms. The Morgan fingerprint density at radius 2 is 1.87 bits per heavy atom. The summed E-state index contributed by atoms with van der Waals surface area (Å²) in [5.41, 5.74) is 3.63. The molecule has 0 fully saturated rings. The Morgan fingerprint density at radius 1 is 1.13 bits per heavy atom. The minimum atomic E-state index is -0.0748. The number of carbonyl (C=O) groups excluding carboxylic acids is 1. The lowest BCUT2D eigenvalue weighted by Gasteiger charge is -2.11. The monoisotopic (exact) mass is 426 g/mol. The summed E-state index contributed by atoms with van der Waals surface area (Å²) in [5, 5.41) is 12.9. The first-order valence-electron chi connectivity index (χ1n) is 10.4. The molecule has 0 unspecified atom stereocenters. The maximum Gasteiger partial charge on any atom is 0.251 e. The number of thioether (sulfide) groups is 1. The minimum Gasteiger partial charge on any atom is -0.369 e. The maximum atomic E-state index is 12.5. The first-order valence-corrected chi connectivity index (χ1v) is 11.3. The Morgan fingerprint density at radius 3 is 2.53 bits per heavy atom. The van der Waals surface area contributed by atoms with Crippen LogP contribution >= 0.6 is 11.8 Å². The molecule has 0 radical (unpaired) electrons. The highest BCUT2D eigenvalue weighted by Gasteiger charge is 2.14. The van der Waals surface area contributed by atoms with E-state index in [0.717, 1.165) is 46.1 Å². The van der Waals surface area contributed by atoms with Crippen LogP contribution in [0.25, 0.3) is 11.0 Å². The van der Waals surface area contributed by atoms with Gasteiger partial charge in [0.25, 0.3) is 5.91 Å². The molecule has 160 valence electrons. The lowest BCUT2D eigenvalue weighted by atomic mass is 10.1. The van der Waals surface area contributed by atoms with E-state index in [2.05, 4.69) is 47.6 Å². The fraction of sp³-hybridized carbons (Fsp3) is 0.455. The van der Waals surface area contributed by atoms with Gasteiger partial charge in [0.2, 0.25) is 0 Å². The second-order valence-corrected chi connectivity index (χ2v) is 9.23. The van der Waals surface area contributed by atoms with Crippen LogP contribution in [0.1, 0.15) is 48.7 Å². The third-order valence-corrected chi connectivity index (χ3v) is 5.32. The van der Waals surface area contributed by atoms with Crippen LogP contribution in [0.15, 0.2) is 29.6 Å². The van der Waals surface area contributed by atoms with E-state index in [0.29, 0.717) is 23.9 Å². The average molecular weight is 427 g/mol. The summed E-state index contributed by atoms with van der Waals surface area (Å²) in [4.78, 5) is 21.9. The zero-order valence-corrected chi connectivity index (χ0v) is 19.1. The predicted molar refractivity (Wildman–Crippen MR) is 123 cm³/mol. The van der Waals surface area contributed by atoms with Gasteiger partial charge < -0.3 is 10.6 Å². The number of fused-ring (bicyclic) bond motifs is 1. The van der Waals surface area contributed by atoms with E-state index in [-0.39, 0.29) is 5.91 Å². The molecule has 8 heteroatoms. The normalized spacial score (nSPS) is 11.3. The second kappa shape index (κ2) is 9.93. The molecule has 0 aliphatic rings. The van der Waals surface area contributed by atoms with Crippen LogP contribution < -0.4 is 10.6 Å². The van der Waals surface area contributed by atoms with Crippen molar-refractivity contribution < 1.29 is 4.79 Å². The van der Waals surface area contributed by atoms with Crippen molar-refractivity contribution in [3.8, 4) is 0 Å². The SMILES string of the molecule is CCCNc1nc(SC(C)C)nc2c1cnn2CCNC(=O)c1cc(C)cc(C)c1. The number of hydrogen-bond donors (Lipinski definition) is 2. The summed E-state index contributed by atoms with van der Waals surface area (Å²) in [7, 11) is 0. The first kappa shape index (κ1) is 22.1. The van der Waals surface area contributed by atoms with Crippen molar-refractivity contribution in [1.29, 1.82) is 0 Å². The fourth-order valence-corrected chi connectivity index (χ4v) is 3.93. The average Bonchev–Trinajstić information content (AvgIpc) is 3.08. The zero-order valence-electron chi connectivity index (χ0n) is 18.3. The standard InChI is InChI=1S/C22H30N6OS/c1-6-7-23-19-18-13-25-28(20(18)27-22(26-19)30-14(2)3)9-8-24-21(29)17-11-15(4)10-16(5)12-17/h10-14H,6-9H2,1-5H3,(H,24,29)(H,23,26,27). The lowest BCUT2D eigenvalue weighted by Crippen LogP contribution is -2.27. The molecular weight excluding hydrogens is 396 g/mol. The highest BCUT2D eigenvalue weighted by Crippen LogP contribution is 2.26. The van der Waals surface area contributed by atoms with Gasteiger partial charge in [0, 0.05) is 23.9 Å². The van der Waals surface area contributed by atoms with Crippen LogP contribution in [0.2, 0.25) is 0 Å². The summed E-state index contributed by atoms with van der Waals surface area (Å²) >= 11 is 1.63. The molecule has 2 N–H and O–H groups in total. The second-order valence-electron chi connectivity index (χ2n) is 7.69. The van der Waals surface area contributed by atoms with E-state index in [9.17, 15) is 4.79 Å². The van der Waals surface area contributed by atoms with E-state index in [1.807, 2.05) is 30.7 Å². The molecule has 1 aromatic carbocycles.